The van der Waals surface area contributed by atoms with E-state index in [1.54, 1.807) is 0 Å². The van der Waals surface area contributed by atoms with Crippen LogP contribution in [-0.2, 0) is 0 Å². The smallest absolute Gasteiger partial charge is 0.145 e. The molecule has 1 saturated carbocycles. The van der Waals surface area contributed by atoms with Crippen LogP contribution in [0.3, 0.4) is 0 Å². The summed E-state index contributed by atoms with van der Waals surface area (Å²) in [6.45, 7) is 8.82. The van der Waals surface area contributed by atoms with Crippen molar-refractivity contribution in [1.29, 1.82) is 0 Å². The lowest BCUT2D eigenvalue weighted by atomic mass is 9.78. The number of hydrogen-bond acceptors (Lipinski definition) is 5. The number of hydrogen-bond donors (Lipinski definition) is 3. The lowest BCUT2D eigenvalue weighted by Gasteiger charge is -2.35. The minimum absolute atomic E-state index is 0.283. The third-order valence-electron chi connectivity index (χ3n) is 4.42. The molecule has 21 heavy (non-hydrogen) atoms. The molecule has 5 heteroatoms. The minimum Gasteiger partial charge on any atom is -0.367 e. The lowest BCUT2D eigenvalue weighted by Crippen LogP contribution is -2.35. The second-order valence-corrected chi connectivity index (χ2v) is 6.74. The molecule has 0 saturated heterocycles. The van der Waals surface area contributed by atoms with Crippen molar-refractivity contribution in [1.82, 2.24) is 9.97 Å². The summed E-state index contributed by atoms with van der Waals surface area (Å²) in [6, 6.07) is 2.40. The highest BCUT2D eigenvalue weighted by atomic mass is 15.3. The molecule has 4 N–H and O–H groups in total. The molecule has 1 aliphatic carbocycles. The van der Waals surface area contributed by atoms with Gasteiger partial charge < -0.3 is 10.7 Å². The van der Waals surface area contributed by atoms with Gasteiger partial charge in [0.15, 0.2) is 0 Å². The highest BCUT2D eigenvalue weighted by Gasteiger charge is 2.27. The van der Waals surface area contributed by atoms with Gasteiger partial charge in [0.2, 0.25) is 0 Å². The van der Waals surface area contributed by atoms with Gasteiger partial charge in [-0.3, -0.25) is 0 Å². The number of nitrogens with one attached hydrogen (secondary N) is 2. The second kappa shape index (κ2) is 7.07. The van der Waals surface area contributed by atoms with Crippen molar-refractivity contribution in [2.75, 3.05) is 10.7 Å². The van der Waals surface area contributed by atoms with E-state index in [0.29, 0.717) is 23.7 Å². The number of hydrazine groups is 1. The van der Waals surface area contributed by atoms with E-state index >= 15 is 0 Å². The van der Waals surface area contributed by atoms with E-state index in [1.807, 2.05) is 6.07 Å². The summed E-state index contributed by atoms with van der Waals surface area (Å²) in [7, 11) is 0. The molecule has 1 aliphatic rings. The van der Waals surface area contributed by atoms with Crippen LogP contribution >= 0.6 is 0 Å². The van der Waals surface area contributed by atoms with Crippen molar-refractivity contribution in [3.63, 3.8) is 0 Å². The molecule has 2 atom stereocenters. The van der Waals surface area contributed by atoms with Gasteiger partial charge in [-0.25, -0.2) is 15.8 Å². The number of nitrogen functional groups attached to an aromatic ring is 1. The molecule has 1 aromatic heterocycles. The van der Waals surface area contributed by atoms with Crippen LogP contribution in [0.1, 0.15) is 65.1 Å². The van der Waals surface area contributed by atoms with Crippen molar-refractivity contribution in [3.8, 4) is 0 Å². The molecule has 118 valence electrons. The Kier molecular flexibility index (Phi) is 5.39. The van der Waals surface area contributed by atoms with Crippen LogP contribution in [0.25, 0.3) is 0 Å². The second-order valence-electron chi connectivity index (χ2n) is 6.74. The quantitative estimate of drug-likeness (QED) is 0.571. The Bertz CT molecular complexity index is 458. The minimum atomic E-state index is 0.283. The molecule has 0 amide bonds. The Morgan fingerprint density at radius 2 is 1.76 bits per heavy atom. The Balaban J connectivity index is 2.19. The highest BCUT2D eigenvalue weighted by molar-refractivity contribution is 5.47. The van der Waals surface area contributed by atoms with E-state index in [-0.39, 0.29) is 5.92 Å². The summed E-state index contributed by atoms with van der Waals surface area (Å²) in [6.07, 6.45) is 5.16. The molecule has 1 aromatic rings. The van der Waals surface area contributed by atoms with Gasteiger partial charge in [-0.05, 0) is 24.7 Å². The lowest BCUT2D eigenvalue weighted by molar-refractivity contribution is 0.253. The monoisotopic (exact) mass is 291 g/mol. The molecule has 0 bridgehead atoms. The zero-order valence-electron chi connectivity index (χ0n) is 13.7. The van der Waals surface area contributed by atoms with Crippen LogP contribution in [0.4, 0.5) is 11.6 Å². The standard InChI is InChI=1S/C16H29N5/c1-10(2)12-7-5-6-8-13(12)18-14-9-15(21-17)20-16(19-14)11(3)4/h9-13H,5-8,17H2,1-4H3,(H2,18,19,20,21). The molecule has 2 unspecified atom stereocenters. The predicted molar refractivity (Wildman–Crippen MR) is 88.1 cm³/mol. The molecule has 0 radical (unpaired) electrons. The topological polar surface area (TPSA) is 75.9 Å². The first-order valence-electron chi connectivity index (χ1n) is 8.13. The first-order valence-corrected chi connectivity index (χ1v) is 8.13. The van der Waals surface area contributed by atoms with Crippen molar-refractivity contribution in [3.05, 3.63) is 11.9 Å². The number of anilines is 2. The fourth-order valence-corrected chi connectivity index (χ4v) is 3.20. The molecule has 0 aromatic carbocycles. The first kappa shape index (κ1) is 16.0. The Hall–Kier alpha value is -1.36. The summed E-state index contributed by atoms with van der Waals surface area (Å²) in [4.78, 5) is 9.06. The third-order valence-corrected chi connectivity index (χ3v) is 4.42. The summed E-state index contributed by atoms with van der Waals surface area (Å²) in [5.41, 5.74) is 2.64. The Morgan fingerprint density at radius 3 is 2.38 bits per heavy atom. The molecule has 2 rings (SSSR count). The summed E-state index contributed by atoms with van der Waals surface area (Å²) in [5, 5.41) is 3.64. The molecular weight excluding hydrogens is 262 g/mol. The van der Waals surface area contributed by atoms with Crippen molar-refractivity contribution in [2.45, 2.75) is 65.3 Å². The van der Waals surface area contributed by atoms with Gasteiger partial charge in [0.1, 0.15) is 17.5 Å². The van der Waals surface area contributed by atoms with Crippen molar-refractivity contribution >= 4 is 11.6 Å². The fraction of sp³-hybridized carbons (Fsp3) is 0.750. The third kappa shape index (κ3) is 4.06. The van der Waals surface area contributed by atoms with E-state index in [4.69, 9.17) is 5.84 Å². The van der Waals surface area contributed by atoms with Gasteiger partial charge in [0.25, 0.3) is 0 Å². The SMILES string of the molecule is CC(C)c1nc(NN)cc(NC2CCCCC2C(C)C)n1. The van der Waals surface area contributed by atoms with Gasteiger partial charge in [-0.15, -0.1) is 0 Å². The fourth-order valence-electron chi connectivity index (χ4n) is 3.20. The van der Waals surface area contributed by atoms with E-state index in [0.717, 1.165) is 11.6 Å². The predicted octanol–water partition coefficient (Wildman–Crippen LogP) is 3.51. The number of nitrogens with zero attached hydrogens (tertiary/aromatic N) is 2. The maximum absolute atomic E-state index is 5.53. The van der Waals surface area contributed by atoms with Crippen LogP contribution in [0.5, 0.6) is 0 Å². The van der Waals surface area contributed by atoms with Crippen molar-refractivity contribution < 1.29 is 0 Å². The van der Waals surface area contributed by atoms with Gasteiger partial charge in [0, 0.05) is 18.0 Å². The van der Waals surface area contributed by atoms with E-state index in [9.17, 15) is 0 Å². The maximum atomic E-state index is 5.53. The molecule has 0 aliphatic heterocycles. The highest BCUT2D eigenvalue weighted by Crippen LogP contribution is 2.32. The average Bonchev–Trinajstić information content (AvgIpc) is 2.47. The van der Waals surface area contributed by atoms with E-state index in [1.165, 1.54) is 25.7 Å². The maximum Gasteiger partial charge on any atom is 0.145 e. The van der Waals surface area contributed by atoms with Crippen LogP contribution in [0, 0.1) is 11.8 Å². The summed E-state index contributed by atoms with van der Waals surface area (Å²) in [5.74, 6) is 9.61. The van der Waals surface area contributed by atoms with Gasteiger partial charge in [-0.1, -0.05) is 40.5 Å². The van der Waals surface area contributed by atoms with Crippen molar-refractivity contribution in [2.24, 2.45) is 17.7 Å². The Morgan fingerprint density at radius 1 is 1.10 bits per heavy atom. The van der Waals surface area contributed by atoms with Crippen LogP contribution in [0.2, 0.25) is 0 Å². The van der Waals surface area contributed by atoms with E-state index < -0.39 is 0 Å². The van der Waals surface area contributed by atoms with Gasteiger partial charge in [0.05, 0.1) is 0 Å². The zero-order chi connectivity index (χ0) is 15.4. The number of rotatable bonds is 5. The van der Waals surface area contributed by atoms with E-state index in [2.05, 4.69) is 48.4 Å². The molecule has 1 heterocycles. The van der Waals surface area contributed by atoms with Crippen LogP contribution < -0.4 is 16.6 Å². The first-order chi connectivity index (χ1) is 10.0. The molecule has 5 nitrogen and oxygen atoms in total. The van der Waals surface area contributed by atoms with Crippen LogP contribution in [-0.4, -0.2) is 16.0 Å². The average molecular weight is 291 g/mol. The van der Waals surface area contributed by atoms with Gasteiger partial charge >= 0.3 is 0 Å². The summed E-state index contributed by atoms with van der Waals surface area (Å²) < 4.78 is 0. The Labute approximate surface area is 128 Å². The molecule has 1 fully saturated rings. The summed E-state index contributed by atoms with van der Waals surface area (Å²) >= 11 is 0. The molecule has 0 spiro atoms. The van der Waals surface area contributed by atoms with Gasteiger partial charge in [-0.2, -0.15) is 0 Å². The molecular formula is C16H29N5. The number of aromatic nitrogens is 2. The largest absolute Gasteiger partial charge is 0.367 e. The zero-order valence-corrected chi connectivity index (χ0v) is 13.7. The normalized spacial score (nSPS) is 22.6. The number of nitrogens with two attached hydrogens (primary N) is 1. The van der Waals surface area contributed by atoms with Crippen LogP contribution in [0.15, 0.2) is 6.07 Å².